The quantitative estimate of drug-likeness (QED) is 0.615. The zero-order valence-electron chi connectivity index (χ0n) is 9.49. The molecule has 0 aliphatic carbocycles. The van der Waals surface area contributed by atoms with Gasteiger partial charge in [0, 0.05) is 6.42 Å². The van der Waals surface area contributed by atoms with E-state index in [0.717, 1.165) is 0 Å². The maximum atomic E-state index is 11.3. The van der Waals surface area contributed by atoms with Crippen LogP contribution in [0.3, 0.4) is 0 Å². The number of hydrogen-bond donors (Lipinski definition) is 2. The van der Waals surface area contributed by atoms with Gasteiger partial charge in [-0.25, -0.2) is 4.79 Å². The molecule has 0 saturated heterocycles. The lowest BCUT2D eigenvalue weighted by atomic mass is 10.2. The van der Waals surface area contributed by atoms with Gasteiger partial charge in [-0.1, -0.05) is 6.92 Å². The summed E-state index contributed by atoms with van der Waals surface area (Å²) in [4.78, 5) is 33.0. The van der Waals surface area contributed by atoms with Crippen LogP contribution in [0.4, 0.5) is 0 Å². The predicted octanol–water partition coefficient (Wildman–Crippen LogP) is 0.309. The molecule has 6 heteroatoms. The van der Waals surface area contributed by atoms with Crippen molar-refractivity contribution in [2.45, 2.75) is 39.2 Å². The lowest BCUT2D eigenvalue weighted by Crippen LogP contribution is -2.43. The van der Waals surface area contributed by atoms with Crippen LogP contribution >= 0.6 is 0 Å². The van der Waals surface area contributed by atoms with Crippen LogP contribution in [-0.2, 0) is 19.1 Å². The molecule has 0 bridgehead atoms. The molecule has 1 atom stereocenters. The molecule has 0 radical (unpaired) electrons. The predicted molar refractivity (Wildman–Crippen MR) is 55.7 cm³/mol. The van der Waals surface area contributed by atoms with Crippen molar-refractivity contribution in [2.24, 2.45) is 0 Å². The van der Waals surface area contributed by atoms with Gasteiger partial charge in [-0.15, -0.1) is 0 Å². The van der Waals surface area contributed by atoms with Crippen molar-refractivity contribution in [3.05, 3.63) is 0 Å². The Balaban J connectivity index is 4.36. The van der Waals surface area contributed by atoms with Crippen LogP contribution in [0, 0.1) is 0 Å². The average molecular weight is 231 g/mol. The summed E-state index contributed by atoms with van der Waals surface area (Å²) in [5, 5.41) is 10.9. The fourth-order valence-electron chi connectivity index (χ4n) is 1.10. The van der Waals surface area contributed by atoms with E-state index < -0.39 is 24.4 Å². The molecular weight excluding hydrogens is 214 g/mol. The van der Waals surface area contributed by atoms with Gasteiger partial charge in [0.1, 0.15) is 6.04 Å². The number of carbonyl (C=O) groups excluding carboxylic acids is 2. The molecule has 0 aliphatic rings. The van der Waals surface area contributed by atoms with Gasteiger partial charge >= 0.3 is 11.9 Å². The van der Waals surface area contributed by atoms with Crippen molar-refractivity contribution in [3.8, 4) is 0 Å². The van der Waals surface area contributed by atoms with E-state index in [1.807, 2.05) is 6.92 Å². The molecule has 1 amide bonds. The first-order valence-corrected chi connectivity index (χ1v) is 5.19. The van der Waals surface area contributed by atoms with Gasteiger partial charge in [-0.2, -0.15) is 0 Å². The number of carbonyl (C=O) groups is 3. The van der Waals surface area contributed by atoms with Crippen LogP contribution < -0.4 is 5.32 Å². The number of hydrogen-bond acceptors (Lipinski definition) is 4. The van der Waals surface area contributed by atoms with E-state index in [2.05, 4.69) is 10.1 Å². The average Bonchev–Trinajstić information content (AvgIpc) is 2.16. The van der Waals surface area contributed by atoms with Gasteiger partial charge in [0.15, 0.2) is 0 Å². The first-order valence-electron chi connectivity index (χ1n) is 5.19. The van der Waals surface area contributed by atoms with Gasteiger partial charge in [0.05, 0.1) is 13.0 Å². The summed E-state index contributed by atoms with van der Waals surface area (Å²) in [6, 6.07) is -1.10. The normalized spacial score (nSPS) is 11.6. The third-order valence-electron chi connectivity index (χ3n) is 1.76. The summed E-state index contributed by atoms with van der Waals surface area (Å²) in [6.07, 6.45) is 0.429. The maximum Gasteiger partial charge on any atom is 0.329 e. The molecule has 0 fully saturated rings. The van der Waals surface area contributed by atoms with E-state index in [1.54, 1.807) is 6.92 Å². The molecule has 0 spiro atoms. The molecule has 0 saturated carbocycles. The summed E-state index contributed by atoms with van der Waals surface area (Å²) in [7, 11) is 0. The number of carboxylic acid groups (broad SMARTS) is 1. The minimum absolute atomic E-state index is 0.151. The largest absolute Gasteiger partial charge is 0.481 e. The van der Waals surface area contributed by atoms with Crippen molar-refractivity contribution in [2.75, 3.05) is 6.61 Å². The highest BCUT2D eigenvalue weighted by atomic mass is 16.5. The smallest absolute Gasteiger partial charge is 0.329 e. The molecule has 0 aromatic carbocycles. The van der Waals surface area contributed by atoms with Crippen LogP contribution in [0.25, 0.3) is 0 Å². The van der Waals surface area contributed by atoms with Gasteiger partial charge in [0.2, 0.25) is 5.91 Å². The minimum atomic E-state index is -1.16. The summed E-state index contributed by atoms with van der Waals surface area (Å²) < 4.78 is 4.67. The Hall–Kier alpha value is -1.59. The number of rotatable bonds is 7. The number of esters is 1. The third kappa shape index (κ3) is 6.00. The summed E-state index contributed by atoms with van der Waals surface area (Å²) in [6.45, 7) is 3.58. The highest BCUT2D eigenvalue weighted by Crippen LogP contribution is 1.98. The first-order chi connectivity index (χ1) is 7.51. The van der Waals surface area contributed by atoms with E-state index >= 15 is 0 Å². The molecular formula is C10H17NO5. The van der Waals surface area contributed by atoms with Gasteiger partial charge in [-0.05, 0) is 13.3 Å². The molecule has 16 heavy (non-hydrogen) atoms. The van der Waals surface area contributed by atoms with Gasteiger partial charge < -0.3 is 15.2 Å². The second-order valence-corrected chi connectivity index (χ2v) is 3.22. The summed E-state index contributed by atoms with van der Waals surface area (Å²) in [5.74, 6) is -2.22. The van der Waals surface area contributed by atoms with Crippen LogP contribution in [0.2, 0.25) is 0 Å². The Morgan fingerprint density at radius 2 is 1.94 bits per heavy atom. The molecule has 2 N–H and O–H groups in total. The van der Waals surface area contributed by atoms with Crippen LogP contribution in [0.15, 0.2) is 0 Å². The zero-order chi connectivity index (χ0) is 12.6. The lowest BCUT2D eigenvalue weighted by molar-refractivity contribution is -0.151. The Labute approximate surface area is 94.0 Å². The molecule has 0 aromatic rings. The molecule has 0 rings (SSSR count). The lowest BCUT2D eigenvalue weighted by Gasteiger charge is -2.15. The monoisotopic (exact) mass is 231 g/mol. The maximum absolute atomic E-state index is 11.3. The Kier molecular flexibility index (Phi) is 6.91. The standard InChI is InChI=1S/C10H17NO5/c1-3-5-8(12)11-7(6-9(13)14)10(15)16-4-2/h7H,3-6H2,1-2H3,(H,11,12)(H,13,14)/t7-/m0/s1. The van der Waals surface area contributed by atoms with Crippen LogP contribution in [0.5, 0.6) is 0 Å². The first kappa shape index (κ1) is 14.4. The number of nitrogens with one attached hydrogen (secondary N) is 1. The highest BCUT2D eigenvalue weighted by molar-refractivity contribution is 5.87. The Bertz CT molecular complexity index is 264. The Morgan fingerprint density at radius 3 is 2.38 bits per heavy atom. The number of ether oxygens (including phenoxy) is 1. The van der Waals surface area contributed by atoms with E-state index in [0.29, 0.717) is 6.42 Å². The molecule has 0 aliphatic heterocycles. The summed E-state index contributed by atoms with van der Waals surface area (Å²) in [5.41, 5.74) is 0. The number of carboxylic acids is 1. The van der Waals surface area contributed by atoms with Crippen molar-refractivity contribution >= 4 is 17.8 Å². The van der Waals surface area contributed by atoms with E-state index in [1.165, 1.54) is 0 Å². The highest BCUT2D eigenvalue weighted by Gasteiger charge is 2.24. The van der Waals surface area contributed by atoms with Gasteiger partial charge in [-0.3, -0.25) is 9.59 Å². The van der Waals surface area contributed by atoms with Crippen LogP contribution in [-0.4, -0.2) is 35.6 Å². The topological polar surface area (TPSA) is 92.7 Å². The molecule has 0 heterocycles. The molecule has 0 aromatic heterocycles. The zero-order valence-corrected chi connectivity index (χ0v) is 9.49. The SMILES string of the molecule is CCCC(=O)N[C@@H](CC(=O)O)C(=O)OCC. The van der Waals surface area contributed by atoms with E-state index in [4.69, 9.17) is 5.11 Å². The van der Waals surface area contributed by atoms with Crippen molar-refractivity contribution < 1.29 is 24.2 Å². The fourth-order valence-corrected chi connectivity index (χ4v) is 1.10. The number of aliphatic carboxylic acids is 1. The second-order valence-electron chi connectivity index (χ2n) is 3.22. The van der Waals surface area contributed by atoms with E-state index in [-0.39, 0.29) is 18.9 Å². The van der Waals surface area contributed by atoms with Crippen molar-refractivity contribution in [1.29, 1.82) is 0 Å². The minimum Gasteiger partial charge on any atom is -0.481 e. The number of amides is 1. The molecule has 0 unspecified atom stereocenters. The van der Waals surface area contributed by atoms with Crippen molar-refractivity contribution in [3.63, 3.8) is 0 Å². The third-order valence-corrected chi connectivity index (χ3v) is 1.76. The van der Waals surface area contributed by atoms with Crippen LogP contribution in [0.1, 0.15) is 33.1 Å². The molecule has 6 nitrogen and oxygen atoms in total. The van der Waals surface area contributed by atoms with Gasteiger partial charge in [0.25, 0.3) is 0 Å². The Morgan fingerprint density at radius 1 is 1.31 bits per heavy atom. The second kappa shape index (κ2) is 7.67. The van der Waals surface area contributed by atoms with E-state index in [9.17, 15) is 14.4 Å². The molecule has 92 valence electrons. The fraction of sp³-hybridized carbons (Fsp3) is 0.700. The van der Waals surface area contributed by atoms with Crippen molar-refractivity contribution in [1.82, 2.24) is 5.32 Å². The summed E-state index contributed by atoms with van der Waals surface area (Å²) >= 11 is 0.